The van der Waals surface area contributed by atoms with Crippen LogP contribution in [0.5, 0.6) is 0 Å². The van der Waals surface area contributed by atoms with Crippen molar-refractivity contribution in [1.29, 1.82) is 5.26 Å². The van der Waals surface area contributed by atoms with Crippen molar-refractivity contribution in [2.24, 2.45) is 11.0 Å². The highest BCUT2D eigenvalue weighted by Gasteiger charge is 2.49. The van der Waals surface area contributed by atoms with Gasteiger partial charge in [0.25, 0.3) is 0 Å². The van der Waals surface area contributed by atoms with Crippen LogP contribution in [-0.2, 0) is 5.41 Å². The quantitative estimate of drug-likeness (QED) is 0.364. The second-order valence-electron chi connectivity index (χ2n) is 8.56. The number of aromatic nitrogens is 3. The van der Waals surface area contributed by atoms with E-state index in [1.54, 1.807) is 50.2 Å². The van der Waals surface area contributed by atoms with Crippen molar-refractivity contribution in [3.05, 3.63) is 71.8 Å². The van der Waals surface area contributed by atoms with Gasteiger partial charge in [-0.2, -0.15) is 37.3 Å². The lowest BCUT2D eigenvalue weighted by atomic mass is 9.84. The molecule has 0 bridgehead atoms. The Labute approximate surface area is 197 Å². The predicted octanol–water partition coefficient (Wildman–Crippen LogP) is 5.41. The minimum atomic E-state index is -4.74. The summed E-state index contributed by atoms with van der Waals surface area (Å²) in [7, 11) is 0. The number of pyridine rings is 3. The Morgan fingerprint density at radius 1 is 0.914 bits per heavy atom. The molecule has 2 atom stereocenters. The number of hydrogen-bond acceptors (Lipinski definition) is 6. The maximum atomic E-state index is 14.2. The second-order valence-corrected chi connectivity index (χ2v) is 8.56. The molecule has 3 aromatic heterocycles. The minimum Gasteiger partial charge on any atom is -0.252 e. The topological polar surface area (TPSA) is 78.1 Å². The number of rotatable bonds is 4. The summed E-state index contributed by atoms with van der Waals surface area (Å²) in [5.41, 5.74) is -0.803. The lowest BCUT2D eigenvalue weighted by molar-refractivity contribution is -0.0613. The Kier molecular flexibility index (Phi) is 6.00. The van der Waals surface area contributed by atoms with Gasteiger partial charge in [-0.05, 0) is 57.2 Å². The Balaban J connectivity index is 1.72. The van der Waals surface area contributed by atoms with Crippen LogP contribution in [0, 0.1) is 29.1 Å². The molecule has 4 heterocycles. The summed E-state index contributed by atoms with van der Waals surface area (Å²) in [5, 5.41) is 14.1. The van der Waals surface area contributed by atoms with Crippen LogP contribution in [0.3, 0.4) is 0 Å². The van der Waals surface area contributed by atoms with Crippen molar-refractivity contribution in [3.8, 4) is 17.3 Å². The third-order valence-electron chi connectivity index (χ3n) is 5.90. The van der Waals surface area contributed by atoms with E-state index < -0.39 is 41.2 Å². The van der Waals surface area contributed by atoms with Crippen LogP contribution in [0.1, 0.15) is 32.2 Å². The van der Waals surface area contributed by atoms with E-state index in [1.807, 2.05) is 0 Å². The Bertz CT molecular complexity index is 1340. The number of nitrogens with zero attached hydrogens (tertiary/aromatic N) is 6. The first-order chi connectivity index (χ1) is 16.4. The maximum Gasteiger partial charge on any atom is 0.432 e. The number of nitriles is 1. The Hall–Kier alpha value is -3.94. The summed E-state index contributed by atoms with van der Waals surface area (Å²) in [5.74, 6) is -3.26. The van der Waals surface area contributed by atoms with Gasteiger partial charge in [-0.25, -0.2) is 9.99 Å². The molecular formula is C24H19F5N6. The molecule has 0 N–H and O–H groups in total. The van der Waals surface area contributed by atoms with E-state index in [4.69, 9.17) is 0 Å². The van der Waals surface area contributed by atoms with Gasteiger partial charge in [-0.3, -0.25) is 4.98 Å². The molecule has 0 spiro atoms. The first kappa shape index (κ1) is 24.2. The van der Waals surface area contributed by atoms with Crippen LogP contribution in [0.2, 0.25) is 0 Å². The number of anilines is 1. The number of alkyl halides is 3. The molecule has 0 aromatic carbocycles. The first-order valence-corrected chi connectivity index (χ1v) is 10.6. The lowest BCUT2D eigenvalue weighted by Crippen LogP contribution is -2.34. The SMILES string of the molecule is CC1C(C#N)C(C(F)(F)F)=NN1c1cccc(C(C)(C)c2cccc(-c3ccc(F)nc3F)n2)n1. The van der Waals surface area contributed by atoms with Gasteiger partial charge >= 0.3 is 6.18 Å². The van der Waals surface area contributed by atoms with Crippen LogP contribution in [-0.4, -0.2) is 32.9 Å². The summed E-state index contributed by atoms with van der Waals surface area (Å²) in [6.45, 7) is 5.09. The van der Waals surface area contributed by atoms with Gasteiger partial charge in [0.1, 0.15) is 11.7 Å². The van der Waals surface area contributed by atoms with E-state index in [0.717, 1.165) is 11.1 Å². The average Bonchev–Trinajstić information content (AvgIpc) is 3.16. The van der Waals surface area contributed by atoms with Crippen molar-refractivity contribution in [1.82, 2.24) is 15.0 Å². The Morgan fingerprint density at radius 2 is 1.57 bits per heavy atom. The van der Waals surface area contributed by atoms with Gasteiger partial charge in [-0.15, -0.1) is 0 Å². The molecule has 1 aliphatic heterocycles. The highest BCUT2D eigenvalue weighted by atomic mass is 19.4. The Morgan fingerprint density at radius 3 is 2.17 bits per heavy atom. The molecule has 6 nitrogen and oxygen atoms in total. The lowest BCUT2D eigenvalue weighted by Gasteiger charge is -2.27. The van der Waals surface area contributed by atoms with Gasteiger partial charge in [0.05, 0.1) is 34.8 Å². The summed E-state index contributed by atoms with van der Waals surface area (Å²) < 4.78 is 67.6. The van der Waals surface area contributed by atoms with E-state index in [0.29, 0.717) is 11.4 Å². The summed E-state index contributed by atoms with van der Waals surface area (Å²) in [6, 6.07) is 12.8. The highest BCUT2D eigenvalue weighted by molar-refractivity contribution is 5.97. The number of hydrogen-bond donors (Lipinski definition) is 0. The monoisotopic (exact) mass is 486 g/mol. The molecule has 35 heavy (non-hydrogen) atoms. The normalized spacial score (nSPS) is 18.4. The van der Waals surface area contributed by atoms with Crippen LogP contribution < -0.4 is 5.01 Å². The highest BCUT2D eigenvalue weighted by Crippen LogP contribution is 2.36. The van der Waals surface area contributed by atoms with Crippen LogP contribution in [0.4, 0.5) is 27.8 Å². The minimum absolute atomic E-state index is 0.0215. The summed E-state index contributed by atoms with van der Waals surface area (Å²) in [4.78, 5) is 12.2. The molecule has 11 heteroatoms. The third kappa shape index (κ3) is 4.43. The molecule has 2 unspecified atom stereocenters. The van der Waals surface area contributed by atoms with Crippen molar-refractivity contribution in [2.45, 2.75) is 38.4 Å². The molecule has 0 fully saturated rings. The molecule has 0 amide bonds. The van der Waals surface area contributed by atoms with Crippen molar-refractivity contribution in [2.75, 3.05) is 5.01 Å². The smallest absolute Gasteiger partial charge is 0.252 e. The third-order valence-corrected chi connectivity index (χ3v) is 5.90. The van der Waals surface area contributed by atoms with Crippen molar-refractivity contribution >= 4 is 11.5 Å². The van der Waals surface area contributed by atoms with Gasteiger partial charge < -0.3 is 0 Å². The van der Waals surface area contributed by atoms with E-state index in [-0.39, 0.29) is 17.1 Å². The van der Waals surface area contributed by atoms with Crippen LogP contribution in [0.15, 0.2) is 53.6 Å². The number of halogens is 5. The standard InChI is InChI=1S/C24H19F5N6/c1-13-15(12-30)21(24(27,28)29)34-35(13)20-9-5-8-18(32-20)23(2,3)17-7-4-6-16(31-17)14-10-11-19(25)33-22(14)26/h4-11,13,15H,1-3H3. The first-order valence-electron chi connectivity index (χ1n) is 10.6. The zero-order chi connectivity index (χ0) is 25.5. The fourth-order valence-electron chi connectivity index (χ4n) is 3.87. The number of hydrazone groups is 1. The van der Waals surface area contributed by atoms with Crippen LogP contribution in [0.25, 0.3) is 11.3 Å². The fourth-order valence-corrected chi connectivity index (χ4v) is 3.87. The zero-order valence-electron chi connectivity index (χ0n) is 18.8. The van der Waals surface area contributed by atoms with Crippen molar-refractivity contribution in [3.63, 3.8) is 0 Å². The van der Waals surface area contributed by atoms with E-state index in [2.05, 4.69) is 20.1 Å². The van der Waals surface area contributed by atoms with E-state index in [9.17, 15) is 27.2 Å². The van der Waals surface area contributed by atoms with Gasteiger partial charge in [0.15, 0.2) is 5.71 Å². The van der Waals surface area contributed by atoms with Gasteiger partial charge in [-0.1, -0.05) is 12.1 Å². The molecule has 4 rings (SSSR count). The molecule has 1 aliphatic rings. The van der Waals surface area contributed by atoms with E-state index in [1.165, 1.54) is 19.1 Å². The zero-order valence-corrected chi connectivity index (χ0v) is 18.8. The predicted molar refractivity (Wildman–Crippen MR) is 118 cm³/mol. The van der Waals surface area contributed by atoms with Gasteiger partial charge in [0, 0.05) is 5.41 Å². The molecule has 0 aliphatic carbocycles. The summed E-state index contributed by atoms with van der Waals surface area (Å²) >= 11 is 0. The second kappa shape index (κ2) is 8.69. The van der Waals surface area contributed by atoms with Crippen LogP contribution >= 0.6 is 0 Å². The molecule has 3 aromatic rings. The fraction of sp³-hybridized carbons (Fsp3) is 0.292. The average molecular weight is 486 g/mol. The maximum absolute atomic E-state index is 14.2. The molecule has 0 radical (unpaired) electrons. The van der Waals surface area contributed by atoms with E-state index >= 15 is 0 Å². The largest absolute Gasteiger partial charge is 0.432 e. The molecule has 180 valence electrons. The summed E-state index contributed by atoms with van der Waals surface area (Å²) in [6.07, 6.45) is -4.74. The molecular weight excluding hydrogens is 467 g/mol. The van der Waals surface area contributed by atoms with Gasteiger partial charge in [0.2, 0.25) is 11.9 Å². The molecule has 0 saturated heterocycles. The molecule has 0 saturated carbocycles. The van der Waals surface area contributed by atoms with Crippen molar-refractivity contribution < 1.29 is 22.0 Å².